The van der Waals surface area contributed by atoms with Crippen LogP contribution in [0.1, 0.15) is 145 Å². The van der Waals surface area contributed by atoms with Gasteiger partial charge in [0.25, 0.3) is 0 Å². The maximum Gasteiger partial charge on any atom is 0.311 e. The van der Waals surface area contributed by atoms with E-state index in [2.05, 4.69) is 41.5 Å². The number of hydrogen-bond acceptors (Lipinski definition) is 8. The molecule has 0 saturated heterocycles. The molecule has 0 aliphatic heterocycles. The maximum atomic E-state index is 12.4. The van der Waals surface area contributed by atoms with Gasteiger partial charge in [-0.2, -0.15) is 0 Å². The van der Waals surface area contributed by atoms with Gasteiger partial charge in [-0.05, 0) is 72.3 Å². The Morgan fingerprint density at radius 1 is 0.500 bits per heavy atom. The van der Waals surface area contributed by atoms with Gasteiger partial charge >= 0.3 is 11.9 Å². The van der Waals surface area contributed by atoms with Crippen molar-refractivity contribution in [1.29, 1.82) is 0 Å². The van der Waals surface area contributed by atoms with Crippen LogP contribution in [0.3, 0.4) is 0 Å². The number of phenols is 4. The predicted octanol–water partition coefficient (Wildman–Crippen LogP) is 9.57. The molecule has 0 amide bonds. The number of rotatable bonds is 15. The topological polar surface area (TPSA) is 134 Å². The van der Waals surface area contributed by atoms with Crippen LogP contribution in [0.2, 0.25) is 0 Å². The quantitative estimate of drug-likeness (QED) is 0.0653. The first kappa shape index (κ1) is 38.8. The molecule has 8 nitrogen and oxygen atoms in total. The first-order valence-electron chi connectivity index (χ1n) is 16.6. The first-order valence-corrected chi connectivity index (χ1v) is 16.6. The highest BCUT2D eigenvalue weighted by atomic mass is 16.5. The van der Waals surface area contributed by atoms with E-state index < -0.39 is 23.4 Å². The van der Waals surface area contributed by atoms with Gasteiger partial charge in [0.2, 0.25) is 11.5 Å². The van der Waals surface area contributed by atoms with Gasteiger partial charge in [0.05, 0.1) is 0 Å². The minimum atomic E-state index is -0.608. The molecule has 8 heteroatoms. The first-order chi connectivity index (χ1) is 21.0. The van der Waals surface area contributed by atoms with Crippen LogP contribution < -0.4 is 9.47 Å². The lowest BCUT2D eigenvalue weighted by Crippen LogP contribution is -2.19. The van der Waals surface area contributed by atoms with Gasteiger partial charge in [0, 0.05) is 24.0 Å². The fraction of sp³-hybridized carbons (Fsp3) is 0.632. The van der Waals surface area contributed by atoms with Crippen LogP contribution in [0.5, 0.6) is 34.5 Å². The van der Waals surface area contributed by atoms with Gasteiger partial charge in [-0.15, -0.1) is 0 Å². The van der Waals surface area contributed by atoms with Crippen LogP contribution in [0.4, 0.5) is 0 Å². The fourth-order valence-electron chi connectivity index (χ4n) is 5.66. The minimum absolute atomic E-state index is 0.0153. The van der Waals surface area contributed by atoms with E-state index in [4.69, 9.17) is 9.47 Å². The van der Waals surface area contributed by atoms with Crippen molar-refractivity contribution in [3.63, 3.8) is 0 Å². The Balaban J connectivity index is 1.88. The molecule has 0 heterocycles. The van der Waals surface area contributed by atoms with Crippen LogP contribution in [-0.4, -0.2) is 32.4 Å². The standard InChI is InChI=1S/C38H58O8/c1-35(2,3)21-13-23-37(7,8)25-17-19-27(33(43)31(25)41)45-29(39)15-11-12-16-30(40)46-28-20-18-26(32(42)34(28)44)38(9,10)24-14-22-36(4,5)6/h17-20,41-44H,11-16,21-24H2,1-10H3. The van der Waals surface area contributed by atoms with Crippen molar-refractivity contribution in [2.24, 2.45) is 10.8 Å². The largest absolute Gasteiger partial charge is 0.504 e. The zero-order chi connectivity index (χ0) is 35.1. The smallest absolute Gasteiger partial charge is 0.311 e. The molecular weight excluding hydrogens is 584 g/mol. The molecule has 2 rings (SSSR count). The average Bonchev–Trinajstić information content (AvgIpc) is 2.90. The van der Waals surface area contributed by atoms with E-state index in [0.717, 1.165) is 38.5 Å². The summed E-state index contributed by atoms with van der Waals surface area (Å²) in [6, 6.07) is 6.34. The van der Waals surface area contributed by atoms with Crippen LogP contribution in [0, 0.1) is 10.8 Å². The summed E-state index contributed by atoms with van der Waals surface area (Å²) >= 11 is 0. The summed E-state index contributed by atoms with van der Waals surface area (Å²) in [4.78, 5) is 24.9. The summed E-state index contributed by atoms with van der Waals surface area (Å²) < 4.78 is 10.6. The summed E-state index contributed by atoms with van der Waals surface area (Å²) in [7, 11) is 0. The SMILES string of the molecule is CC(C)(C)CCCC(C)(C)c1ccc(OC(=O)CCCCC(=O)Oc2ccc(C(C)(C)CCCC(C)(C)C)c(O)c2O)c(O)c1O. The van der Waals surface area contributed by atoms with E-state index >= 15 is 0 Å². The molecular formula is C38H58O8. The third-order valence-corrected chi connectivity index (χ3v) is 8.60. The Morgan fingerprint density at radius 3 is 1.13 bits per heavy atom. The Labute approximate surface area is 276 Å². The van der Waals surface area contributed by atoms with E-state index in [1.165, 1.54) is 12.1 Å². The summed E-state index contributed by atoms with van der Waals surface area (Å²) in [5, 5.41) is 42.6. The summed E-state index contributed by atoms with van der Waals surface area (Å²) in [5.41, 5.74) is 0.827. The average molecular weight is 643 g/mol. The molecule has 0 aromatic heterocycles. The van der Waals surface area contributed by atoms with Gasteiger partial charge in [0.15, 0.2) is 23.0 Å². The normalized spacial score (nSPS) is 12.7. The van der Waals surface area contributed by atoms with Crippen LogP contribution in [0.25, 0.3) is 0 Å². The number of benzene rings is 2. The molecule has 0 radical (unpaired) electrons. The van der Waals surface area contributed by atoms with Crippen molar-refractivity contribution >= 4 is 11.9 Å². The molecule has 2 aromatic rings. The Kier molecular flexibility index (Phi) is 13.0. The number of aromatic hydroxyl groups is 4. The minimum Gasteiger partial charge on any atom is -0.504 e. The Bertz CT molecular complexity index is 1240. The lowest BCUT2D eigenvalue weighted by Gasteiger charge is -2.28. The van der Waals surface area contributed by atoms with Gasteiger partial charge < -0.3 is 29.9 Å². The lowest BCUT2D eigenvalue weighted by molar-refractivity contribution is -0.136. The molecule has 0 aliphatic carbocycles. The summed E-state index contributed by atoms with van der Waals surface area (Å²) in [6.45, 7) is 21.2. The molecule has 258 valence electrons. The zero-order valence-corrected chi connectivity index (χ0v) is 29.8. The second-order valence-electron chi connectivity index (χ2n) is 16.4. The summed E-state index contributed by atoms with van der Waals surface area (Å²) in [6.07, 6.45) is 6.25. The van der Waals surface area contributed by atoms with Crippen molar-refractivity contribution in [3.05, 3.63) is 35.4 Å². The molecule has 4 N–H and O–H groups in total. The second kappa shape index (κ2) is 15.4. The number of unbranched alkanes of at least 4 members (excludes halogenated alkanes) is 1. The van der Waals surface area contributed by atoms with E-state index in [9.17, 15) is 30.0 Å². The van der Waals surface area contributed by atoms with Crippen molar-refractivity contribution in [1.82, 2.24) is 0 Å². The maximum absolute atomic E-state index is 12.4. The van der Waals surface area contributed by atoms with Gasteiger partial charge in [-0.1, -0.05) is 94.2 Å². The molecule has 0 spiro atoms. The van der Waals surface area contributed by atoms with Crippen molar-refractivity contribution in [2.45, 2.75) is 144 Å². The lowest BCUT2D eigenvalue weighted by atomic mass is 9.77. The fourth-order valence-corrected chi connectivity index (χ4v) is 5.66. The predicted molar refractivity (Wildman–Crippen MR) is 182 cm³/mol. The van der Waals surface area contributed by atoms with E-state index in [1.54, 1.807) is 12.1 Å². The Morgan fingerprint density at radius 2 is 0.826 bits per heavy atom. The summed E-state index contributed by atoms with van der Waals surface area (Å²) in [5.74, 6) is -2.98. The molecule has 0 saturated carbocycles. The molecule has 0 fully saturated rings. The monoisotopic (exact) mass is 642 g/mol. The van der Waals surface area contributed by atoms with E-state index in [0.29, 0.717) is 24.0 Å². The van der Waals surface area contributed by atoms with Crippen molar-refractivity contribution < 1.29 is 39.5 Å². The molecule has 0 atom stereocenters. The molecule has 2 aromatic carbocycles. The van der Waals surface area contributed by atoms with Gasteiger partial charge in [-0.25, -0.2) is 0 Å². The van der Waals surface area contributed by atoms with Gasteiger partial charge in [-0.3, -0.25) is 9.59 Å². The van der Waals surface area contributed by atoms with E-state index in [-0.39, 0.29) is 57.5 Å². The highest BCUT2D eigenvalue weighted by Gasteiger charge is 2.29. The molecule has 0 unspecified atom stereocenters. The highest BCUT2D eigenvalue weighted by molar-refractivity contribution is 5.75. The number of ether oxygens (including phenoxy) is 2. The van der Waals surface area contributed by atoms with Crippen molar-refractivity contribution in [2.75, 3.05) is 0 Å². The number of esters is 2. The Hall–Kier alpha value is -3.42. The van der Waals surface area contributed by atoms with Crippen LogP contribution >= 0.6 is 0 Å². The zero-order valence-electron chi connectivity index (χ0n) is 29.8. The van der Waals surface area contributed by atoms with Gasteiger partial charge in [0.1, 0.15) is 0 Å². The van der Waals surface area contributed by atoms with Crippen molar-refractivity contribution in [3.8, 4) is 34.5 Å². The number of hydrogen-bond donors (Lipinski definition) is 4. The third-order valence-electron chi connectivity index (χ3n) is 8.60. The van der Waals surface area contributed by atoms with Crippen LogP contribution in [-0.2, 0) is 20.4 Å². The second-order valence-corrected chi connectivity index (χ2v) is 16.4. The van der Waals surface area contributed by atoms with Crippen LogP contribution in [0.15, 0.2) is 24.3 Å². The molecule has 0 bridgehead atoms. The third kappa shape index (κ3) is 11.7. The molecule has 46 heavy (non-hydrogen) atoms. The number of carbonyl (C=O) groups excluding carboxylic acids is 2. The molecule has 0 aliphatic rings. The number of phenolic OH excluding ortho intramolecular Hbond substituents is 4. The highest BCUT2D eigenvalue weighted by Crippen LogP contribution is 2.46. The number of carbonyl (C=O) groups is 2. The van der Waals surface area contributed by atoms with E-state index in [1.807, 2.05) is 27.7 Å².